The molecule has 4 nitrogen and oxygen atoms in total. The van der Waals surface area contributed by atoms with Crippen LogP contribution in [0.3, 0.4) is 0 Å². The van der Waals surface area contributed by atoms with E-state index in [-0.39, 0.29) is 11.9 Å². The van der Waals surface area contributed by atoms with Gasteiger partial charge in [-0.2, -0.15) is 0 Å². The molecule has 4 heteroatoms. The lowest BCUT2D eigenvalue weighted by molar-refractivity contribution is -0.146. The largest absolute Gasteiger partial charge is 0.465 e. The van der Waals surface area contributed by atoms with Crippen LogP contribution in [0.4, 0.5) is 0 Å². The van der Waals surface area contributed by atoms with Crippen molar-refractivity contribution in [2.24, 2.45) is 11.8 Å². The fourth-order valence-electron chi connectivity index (χ4n) is 3.43. The fraction of sp³-hybridized carbons (Fsp3) is 0.920. The highest BCUT2D eigenvalue weighted by molar-refractivity contribution is 5.69. The standard InChI is InChI=1S/C25H48O4/c1-5-9-16-22(7-3)20-28-24(26)18-14-12-11-13-15-19-25(27)29-21-23(8-4)17-10-6-2/h22-23H,5-21H2,1-4H3/t22-,23+. The Labute approximate surface area is 180 Å². The Bertz CT molecular complexity index is 358. The second-order valence-corrected chi connectivity index (χ2v) is 8.47. The van der Waals surface area contributed by atoms with Crippen LogP contribution in [0.2, 0.25) is 0 Å². The van der Waals surface area contributed by atoms with E-state index >= 15 is 0 Å². The second kappa shape index (κ2) is 20.2. The first-order valence-corrected chi connectivity index (χ1v) is 12.4. The van der Waals surface area contributed by atoms with Crippen LogP contribution in [0.1, 0.15) is 124 Å². The molecule has 0 heterocycles. The molecule has 172 valence electrons. The van der Waals surface area contributed by atoms with Gasteiger partial charge in [0.25, 0.3) is 0 Å². The summed E-state index contributed by atoms with van der Waals surface area (Å²) in [5.74, 6) is 0.907. The maximum Gasteiger partial charge on any atom is 0.305 e. The smallest absolute Gasteiger partial charge is 0.305 e. The first-order valence-electron chi connectivity index (χ1n) is 12.4. The van der Waals surface area contributed by atoms with E-state index in [1.165, 1.54) is 25.7 Å². The van der Waals surface area contributed by atoms with E-state index in [0.717, 1.165) is 57.8 Å². The van der Waals surface area contributed by atoms with Crippen molar-refractivity contribution in [2.75, 3.05) is 13.2 Å². The van der Waals surface area contributed by atoms with Crippen molar-refractivity contribution in [2.45, 2.75) is 124 Å². The van der Waals surface area contributed by atoms with Gasteiger partial charge in [0.15, 0.2) is 0 Å². The van der Waals surface area contributed by atoms with Crippen molar-refractivity contribution in [1.29, 1.82) is 0 Å². The van der Waals surface area contributed by atoms with Gasteiger partial charge in [-0.1, -0.05) is 85.5 Å². The van der Waals surface area contributed by atoms with E-state index in [2.05, 4.69) is 27.7 Å². The number of carbonyl (C=O) groups is 2. The lowest BCUT2D eigenvalue weighted by Gasteiger charge is -2.14. The average Bonchev–Trinajstić information content (AvgIpc) is 2.73. The van der Waals surface area contributed by atoms with Gasteiger partial charge < -0.3 is 9.47 Å². The molecule has 0 aliphatic carbocycles. The maximum atomic E-state index is 11.8. The van der Waals surface area contributed by atoms with Crippen LogP contribution < -0.4 is 0 Å². The predicted molar refractivity (Wildman–Crippen MR) is 121 cm³/mol. The molecule has 0 rings (SSSR count). The van der Waals surface area contributed by atoms with Gasteiger partial charge in [-0.3, -0.25) is 9.59 Å². The molecule has 0 aliphatic heterocycles. The molecule has 0 amide bonds. The average molecular weight is 413 g/mol. The molecule has 0 aromatic heterocycles. The van der Waals surface area contributed by atoms with Crippen LogP contribution in [0.5, 0.6) is 0 Å². The van der Waals surface area contributed by atoms with Crippen LogP contribution >= 0.6 is 0 Å². The fourth-order valence-corrected chi connectivity index (χ4v) is 3.43. The van der Waals surface area contributed by atoms with Crippen LogP contribution in [-0.4, -0.2) is 25.2 Å². The van der Waals surface area contributed by atoms with Gasteiger partial charge in [-0.05, 0) is 37.5 Å². The Hall–Kier alpha value is -1.06. The quantitative estimate of drug-likeness (QED) is 0.156. The highest BCUT2D eigenvalue weighted by Crippen LogP contribution is 2.15. The lowest BCUT2D eigenvalue weighted by Crippen LogP contribution is -2.14. The molecule has 0 saturated carbocycles. The molecule has 0 spiro atoms. The molecule has 0 saturated heterocycles. The summed E-state index contributed by atoms with van der Waals surface area (Å²) in [5.41, 5.74) is 0. The highest BCUT2D eigenvalue weighted by atomic mass is 16.5. The molecule has 0 aromatic rings. The third kappa shape index (κ3) is 17.5. The summed E-state index contributed by atoms with van der Waals surface area (Å²) in [6.45, 7) is 9.87. The predicted octanol–water partition coefficient (Wildman–Crippen LogP) is 7.24. The Balaban J connectivity index is 3.59. The summed E-state index contributed by atoms with van der Waals surface area (Å²) in [5, 5.41) is 0. The van der Waals surface area contributed by atoms with Gasteiger partial charge in [0.2, 0.25) is 0 Å². The third-order valence-electron chi connectivity index (χ3n) is 5.81. The molecular weight excluding hydrogens is 364 g/mol. The van der Waals surface area contributed by atoms with Crippen molar-refractivity contribution in [3.8, 4) is 0 Å². The summed E-state index contributed by atoms with van der Waals surface area (Å²) in [7, 11) is 0. The molecule has 2 atom stereocenters. The van der Waals surface area contributed by atoms with Crippen LogP contribution in [0.25, 0.3) is 0 Å². The Morgan fingerprint density at radius 1 is 0.586 bits per heavy atom. The number of carbonyl (C=O) groups excluding carboxylic acids is 2. The van der Waals surface area contributed by atoms with E-state index in [1.54, 1.807) is 0 Å². The van der Waals surface area contributed by atoms with Gasteiger partial charge >= 0.3 is 11.9 Å². The molecule has 0 aromatic carbocycles. The highest BCUT2D eigenvalue weighted by Gasteiger charge is 2.11. The van der Waals surface area contributed by atoms with Gasteiger partial charge in [0.05, 0.1) is 13.2 Å². The topological polar surface area (TPSA) is 52.6 Å². The van der Waals surface area contributed by atoms with Crippen LogP contribution in [-0.2, 0) is 19.1 Å². The summed E-state index contributed by atoms with van der Waals surface area (Å²) in [6.07, 6.45) is 15.2. The number of esters is 2. The van der Waals surface area contributed by atoms with E-state index in [0.29, 0.717) is 37.9 Å². The van der Waals surface area contributed by atoms with Crippen molar-refractivity contribution >= 4 is 11.9 Å². The zero-order valence-corrected chi connectivity index (χ0v) is 19.8. The van der Waals surface area contributed by atoms with Crippen molar-refractivity contribution in [3.05, 3.63) is 0 Å². The van der Waals surface area contributed by atoms with Gasteiger partial charge in [0, 0.05) is 12.8 Å². The van der Waals surface area contributed by atoms with E-state index in [1.807, 2.05) is 0 Å². The molecule has 0 aliphatic rings. The molecule has 29 heavy (non-hydrogen) atoms. The number of ether oxygens (including phenoxy) is 2. The summed E-state index contributed by atoms with van der Waals surface area (Å²) < 4.78 is 10.9. The van der Waals surface area contributed by atoms with Crippen LogP contribution in [0.15, 0.2) is 0 Å². The molecule has 0 unspecified atom stereocenters. The van der Waals surface area contributed by atoms with E-state index in [9.17, 15) is 9.59 Å². The Morgan fingerprint density at radius 3 is 1.31 bits per heavy atom. The first kappa shape index (κ1) is 27.9. The summed E-state index contributed by atoms with van der Waals surface area (Å²) in [6, 6.07) is 0. The van der Waals surface area contributed by atoms with Crippen molar-refractivity contribution in [1.82, 2.24) is 0 Å². The first-order chi connectivity index (χ1) is 14.1. The minimum Gasteiger partial charge on any atom is -0.465 e. The van der Waals surface area contributed by atoms with Gasteiger partial charge in [-0.15, -0.1) is 0 Å². The summed E-state index contributed by atoms with van der Waals surface area (Å²) >= 11 is 0. The van der Waals surface area contributed by atoms with Gasteiger partial charge in [-0.25, -0.2) is 0 Å². The molecule has 0 bridgehead atoms. The number of unbranched alkanes of at least 4 members (excludes halogenated alkanes) is 6. The molecule has 0 N–H and O–H groups in total. The number of rotatable bonds is 20. The molecule has 0 fully saturated rings. The van der Waals surface area contributed by atoms with E-state index < -0.39 is 0 Å². The summed E-state index contributed by atoms with van der Waals surface area (Å²) in [4.78, 5) is 23.7. The normalized spacial score (nSPS) is 13.1. The minimum atomic E-state index is -0.0583. The van der Waals surface area contributed by atoms with Crippen molar-refractivity contribution in [3.63, 3.8) is 0 Å². The molecule has 0 radical (unpaired) electrons. The van der Waals surface area contributed by atoms with Gasteiger partial charge in [0.1, 0.15) is 0 Å². The maximum absolute atomic E-state index is 11.8. The van der Waals surface area contributed by atoms with Crippen molar-refractivity contribution < 1.29 is 19.1 Å². The zero-order valence-electron chi connectivity index (χ0n) is 19.8. The minimum absolute atomic E-state index is 0.0583. The monoisotopic (exact) mass is 412 g/mol. The molecular formula is C25H48O4. The second-order valence-electron chi connectivity index (χ2n) is 8.47. The van der Waals surface area contributed by atoms with Crippen LogP contribution in [0, 0.1) is 11.8 Å². The van der Waals surface area contributed by atoms with E-state index in [4.69, 9.17) is 9.47 Å². The lowest BCUT2D eigenvalue weighted by atomic mass is 10.0. The SMILES string of the molecule is CCCC[C@@H](CC)COC(=O)CCCCCCCC(=O)OC[C@@H](CC)CCCC. The Morgan fingerprint density at radius 2 is 0.966 bits per heavy atom. The third-order valence-corrected chi connectivity index (χ3v) is 5.81. The number of hydrogen-bond acceptors (Lipinski definition) is 4. The number of hydrogen-bond donors (Lipinski definition) is 0. The zero-order chi connectivity index (χ0) is 21.7. The Kier molecular flexibility index (Phi) is 19.5.